The van der Waals surface area contributed by atoms with E-state index in [1.807, 2.05) is 30.3 Å². The van der Waals surface area contributed by atoms with Crippen molar-refractivity contribution in [2.75, 3.05) is 10.5 Å². The molecule has 0 fully saturated rings. The smallest absolute Gasteiger partial charge is 0.150 e. The van der Waals surface area contributed by atoms with Crippen molar-refractivity contribution in [2.45, 2.75) is 4.90 Å². The minimum Gasteiger partial charge on any atom is -0.399 e. The van der Waals surface area contributed by atoms with Gasteiger partial charge in [-0.3, -0.25) is 0 Å². The van der Waals surface area contributed by atoms with Crippen LogP contribution in [0.25, 0.3) is 0 Å². The van der Waals surface area contributed by atoms with Crippen LogP contribution in [0.15, 0.2) is 59.5 Å². The SMILES string of the molecule is Nc1ccc(S(=O)Nc2ccccc2)cc1. The second-order valence-electron chi connectivity index (χ2n) is 3.31. The molecule has 0 aromatic heterocycles. The van der Waals surface area contributed by atoms with E-state index in [1.165, 1.54) is 0 Å². The zero-order valence-electron chi connectivity index (χ0n) is 8.59. The Kier molecular flexibility index (Phi) is 3.22. The van der Waals surface area contributed by atoms with Crippen molar-refractivity contribution in [3.63, 3.8) is 0 Å². The number of rotatable bonds is 3. The molecular weight excluding hydrogens is 220 g/mol. The van der Waals surface area contributed by atoms with Gasteiger partial charge in [-0.05, 0) is 36.4 Å². The van der Waals surface area contributed by atoms with E-state index in [1.54, 1.807) is 24.3 Å². The van der Waals surface area contributed by atoms with E-state index in [0.29, 0.717) is 10.6 Å². The third-order valence-electron chi connectivity index (χ3n) is 2.08. The van der Waals surface area contributed by atoms with Crippen LogP contribution in [0.3, 0.4) is 0 Å². The molecular formula is C12H12N2OS. The molecule has 0 radical (unpaired) electrons. The largest absolute Gasteiger partial charge is 0.399 e. The molecule has 0 amide bonds. The van der Waals surface area contributed by atoms with Crippen LogP contribution in [0.5, 0.6) is 0 Å². The number of hydrogen-bond donors (Lipinski definition) is 2. The van der Waals surface area contributed by atoms with Crippen molar-refractivity contribution in [2.24, 2.45) is 0 Å². The summed E-state index contributed by atoms with van der Waals surface area (Å²) in [6, 6.07) is 16.4. The number of nitrogens with two attached hydrogens (primary N) is 1. The topological polar surface area (TPSA) is 55.1 Å². The van der Waals surface area contributed by atoms with Gasteiger partial charge in [-0.2, -0.15) is 0 Å². The van der Waals surface area contributed by atoms with Crippen LogP contribution < -0.4 is 10.5 Å². The lowest BCUT2D eigenvalue weighted by molar-refractivity contribution is 0.686. The summed E-state index contributed by atoms with van der Waals surface area (Å²) in [7, 11) is -1.25. The molecule has 3 N–H and O–H groups in total. The Hall–Kier alpha value is -1.81. The zero-order valence-corrected chi connectivity index (χ0v) is 9.41. The van der Waals surface area contributed by atoms with Gasteiger partial charge in [0.2, 0.25) is 0 Å². The molecule has 1 unspecified atom stereocenters. The summed E-state index contributed by atoms with van der Waals surface area (Å²) >= 11 is 0. The Morgan fingerprint density at radius 2 is 1.56 bits per heavy atom. The summed E-state index contributed by atoms with van der Waals surface area (Å²) in [5, 5.41) is 0. The maximum atomic E-state index is 11.9. The first-order chi connectivity index (χ1) is 7.75. The Labute approximate surface area is 96.9 Å². The van der Waals surface area contributed by atoms with Crippen molar-refractivity contribution in [1.82, 2.24) is 0 Å². The molecule has 0 heterocycles. The molecule has 16 heavy (non-hydrogen) atoms. The molecule has 0 saturated heterocycles. The highest BCUT2D eigenvalue weighted by molar-refractivity contribution is 7.86. The van der Waals surface area contributed by atoms with Gasteiger partial charge in [-0.1, -0.05) is 18.2 Å². The van der Waals surface area contributed by atoms with Crippen LogP contribution in [0.4, 0.5) is 11.4 Å². The fraction of sp³-hybridized carbons (Fsp3) is 0. The Morgan fingerprint density at radius 3 is 2.19 bits per heavy atom. The lowest BCUT2D eigenvalue weighted by atomic mass is 10.3. The van der Waals surface area contributed by atoms with Crippen molar-refractivity contribution in [3.05, 3.63) is 54.6 Å². The number of nitrogens with one attached hydrogen (secondary N) is 1. The maximum absolute atomic E-state index is 11.9. The minimum absolute atomic E-state index is 0.667. The van der Waals surface area contributed by atoms with E-state index < -0.39 is 11.0 Å². The van der Waals surface area contributed by atoms with Crippen LogP contribution in [0.1, 0.15) is 0 Å². The lowest BCUT2D eigenvalue weighted by Gasteiger charge is -2.05. The van der Waals surface area contributed by atoms with Crippen LogP contribution in [-0.4, -0.2) is 4.21 Å². The number of hydrogen-bond acceptors (Lipinski definition) is 2. The maximum Gasteiger partial charge on any atom is 0.150 e. The molecule has 0 saturated carbocycles. The highest BCUT2D eigenvalue weighted by Crippen LogP contribution is 2.13. The third kappa shape index (κ3) is 2.61. The molecule has 82 valence electrons. The van der Waals surface area contributed by atoms with Crippen LogP contribution >= 0.6 is 0 Å². The summed E-state index contributed by atoms with van der Waals surface area (Å²) in [6.07, 6.45) is 0. The molecule has 0 bridgehead atoms. The first kappa shape index (κ1) is 10.7. The second kappa shape index (κ2) is 4.81. The van der Waals surface area contributed by atoms with Crippen LogP contribution in [-0.2, 0) is 11.0 Å². The van der Waals surface area contributed by atoms with Gasteiger partial charge in [-0.15, -0.1) is 0 Å². The first-order valence-corrected chi connectivity index (χ1v) is 6.00. The Bertz CT molecular complexity index is 482. The molecule has 0 aliphatic rings. The zero-order chi connectivity index (χ0) is 11.4. The highest BCUT2D eigenvalue weighted by atomic mass is 32.2. The summed E-state index contributed by atoms with van der Waals surface area (Å²) in [5.74, 6) is 0. The van der Waals surface area contributed by atoms with Gasteiger partial charge in [0.05, 0.1) is 4.90 Å². The van der Waals surface area contributed by atoms with Crippen molar-refractivity contribution in [1.29, 1.82) is 0 Å². The fourth-order valence-electron chi connectivity index (χ4n) is 1.26. The summed E-state index contributed by atoms with van der Waals surface area (Å²) < 4.78 is 14.8. The summed E-state index contributed by atoms with van der Waals surface area (Å²) in [5.41, 5.74) is 7.06. The van der Waals surface area contributed by atoms with Gasteiger partial charge in [0.25, 0.3) is 0 Å². The van der Waals surface area contributed by atoms with Crippen molar-refractivity contribution >= 4 is 22.4 Å². The molecule has 4 heteroatoms. The lowest BCUT2D eigenvalue weighted by Crippen LogP contribution is -2.04. The molecule has 2 aromatic carbocycles. The normalized spacial score (nSPS) is 12.0. The van der Waals surface area contributed by atoms with Crippen molar-refractivity contribution < 1.29 is 4.21 Å². The van der Waals surface area contributed by atoms with Gasteiger partial charge >= 0.3 is 0 Å². The van der Waals surface area contributed by atoms with Gasteiger partial charge in [-0.25, -0.2) is 4.21 Å². The van der Waals surface area contributed by atoms with Gasteiger partial charge in [0, 0.05) is 11.4 Å². The quantitative estimate of drug-likeness (QED) is 0.798. The Morgan fingerprint density at radius 1 is 0.938 bits per heavy atom. The van der Waals surface area contributed by atoms with Crippen LogP contribution in [0.2, 0.25) is 0 Å². The average Bonchev–Trinajstić information content (AvgIpc) is 2.31. The van der Waals surface area contributed by atoms with Gasteiger partial charge in [0.1, 0.15) is 11.0 Å². The Balaban J connectivity index is 2.12. The van der Waals surface area contributed by atoms with E-state index in [-0.39, 0.29) is 0 Å². The van der Waals surface area contributed by atoms with Gasteiger partial charge in [0.15, 0.2) is 0 Å². The molecule has 3 nitrogen and oxygen atoms in total. The van der Waals surface area contributed by atoms with Crippen molar-refractivity contribution in [3.8, 4) is 0 Å². The predicted molar refractivity (Wildman–Crippen MR) is 67.3 cm³/mol. The summed E-state index contributed by atoms with van der Waals surface area (Å²) in [4.78, 5) is 0.707. The van der Waals surface area contributed by atoms with Gasteiger partial charge < -0.3 is 10.5 Å². The van der Waals surface area contributed by atoms with E-state index in [0.717, 1.165) is 5.69 Å². The second-order valence-corrected chi connectivity index (χ2v) is 4.52. The van der Waals surface area contributed by atoms with Crippen LogP contribution in [0, 0.1) is 0 Å². The minimum atomic E-state index is -1.25. The van der Waals surface area contributed by atoms with E-state index in [4.69, 9.17) is 5.73 Å². The first-order valence-electron chi connectivity index (χ1n) is 4.85. The van der Waals surface area contributed by atoms with E-state index >= 15 is 0 Å². The molecule has 0 aliphatic carbocycles. The monoisotopic (exact) mass is 232 g/mol. The standard InChI is InChI=1S/C12H12N2OS/c13-10-6-8-12(9-7-10)16(15)14-11-4-2-1-3-5-11/h1-9,14H,13H2. The van der Waals surface area contributed by atoms with E-state index in [9.17, 15) is 4.21 Å². The molecule has 0 aliphatic heterocycles. The number of anilines is 2. The van der Waals surface area contributed by atoms with E-state index in [2.05, 4.69) is 4.72 Å². The number of benzene rings is 2. The molecule has 0 spiro atoms. The number of para-hydroxylation sites is 1. The molecule has 2 rings (SSSR count). The average molecular weight is 232 g/mol. The highest BCUT2D eigenvalue weighted by Gasteiger charge is 2.02. The fourth-order valence-corrected chi connectivity index (χ4v) is 2.11. The predicted octanol–water partition coefficient (Wildman–Crippen LogP) is 2.40. The third-order valence-corrected chi connectivity index (χ3v) is 3.20. The number of nitrogen functional groups attached to an aromatic ring is 1. The summed E-state index contributed by atoms with van der Waals surface area (Å²) in [6.45, 7) is 0. The molecule has 2 aromatic rings. The molecule has 1 atom stereocenters.